The Morgan fingerprint density at radius 3 is 1.59 bits per heavy atom. The molecule has 16 heteroatoms. The summed E-state index contributed by atoms with van der Waals surface area (Å²) in [6.07, 6.45) is 6.15. The highest BCUT2D eigenvalue weighted by Crippen LogP contribution is 2.36. The lowest BCUT2D eigenvalue weighted by atomic mass is 9.90. The first-order valence-corrected chi connectivity index (χ1v) is 23.3. The summed E-state index contributed by atoms with van der Waals surface area (Å²) < 4.78 is 16.3. The van der Waals surface area contributed by atoms with Crippen molar-refractivity contribution in [3.8, 4) is 0 Å². The van der Waals surface area contributed by atoms with E-state index in [1.54, 1.807) is 47.6 Å². The van der Waals surface area contributed by atoms with Gasteiger partial charge in [-0.15, -0.1) is 25.6 Å². The van der Waals surface area contributed by atoms with Gasteiger partial charge in [-0.3, -0.25) is 19.4 Å². The average molecular weight is 973 g/mol. The quantitative estimate of drug-likeness (QED) is 0.0553. The molecule has 0 unspecified atom stereocenters. The summed E-state index contributed by atoms with van der Waals surface area (Å²) in [6.45, 7) is 26.9. The van der Waals surface area contributed by atoms with Crippen molar-refractivity contribution in [3.05, 3.63) is 102 Å². The van der Waals surface area contributed by atoms with Crippen LogP contribution in [0.1, 0.15) is 133 Å². The molecule has 15 nitrogen and oxygen atoms in total. The lowest BCUT2D eigenvalue weighted by Gasteiger charge is -2.38. The largest absolute Gasteiger partial charge is 1.00 e. The zero-order valence-corrected chi connectivity index (χ0v) is 42.8. The molecule has 0 aromatic heterocycles. The van der Waals surface area contributed by atoms with Crippen molar-refractivity contribution < 1.29 is 49.5 Å². The smallest absolute Gasteiger partial charge is 0.411 e. The van der Waals surface area contributed by atoms with Crippen LogP contribution in [0.15, 0.2) is 86.0 Å². The fraction of sp³-hybridized carbons (Fsp3) is 0.577. The molecule has 2 aromatic rings. The predicted molar refractivity (Wildman–Crippen MR) is 268 cm³/mol. The molecular formula is C52H79ClN4O11-2. The molecule has 2 aliphatic rings. The van der Waals surface area contributed by atoms with Crippen molar-refractivity contribution in [1.82, 2.24) is 20.6 Å². The monoisotopic (exact) mass is 972 g/mol. The Morgan fingerprint density at radius 2 is 1.16 bits per heavy atom. The summed E-state index contributed by atoms with van der Waals surface area (Å²) in [7, 11) is 0. The second-order valence-electron chi connectivity index (χ2n) is 20.0. The number of carbonyl (C=O) groups excluding carboxylic acids is 5. The summed E-state index contributed by atoms with van der Waals surface area (Å²) >= 11 is 0. The van der Waals surface area contributed by atoms with Gasteiger partial charge in [0.15, 0.2) is 5.78 Å². The number of hydrogen-bond acceptors (Lipinski definition) is 11. The number of Topliss-reactive ketones (excluding diaryl/α,β-unsaturated/α-hetero) is 1. The molecule has 3 amide bonds. The van der Waals surface area contributed by atoms with E-state index in [0.29, 0.717) is 64.0 Å². The second-order valence-corrected chi connectivity index (χ2v) is 20.0. The minimum absolute atomic E-state index is 0. The van der Waals surface area contributed by atoms with Gasteiger partial charge >= 0.3 is 24.1 Å². The van der Waals surface area contributed by atoms with Gasteiger partial charge in [-0.1, -0.05) is 101 Å². The van der Waals surface area contributed by atoms with E-state index in [-0.39, 0.29) is 50.9 Å². The third-order valence-corrected chi connectivity index (χ3v) is 11.0. The second kappa shape index (κ2) is 28.3. The Balaban J connectivity index is 0.00000109. The molecule has 4 atom stereocenters. The van der Waals surface area contributed by atoms with Crippen LogP contribution >= 0.6 is 12.4 Å². The van der Waals surface area contributed by atoms with E-state index in [1.807, 2.05) is 93.8 Å². The number of carboxylic acid groups (broad SMARTS) is 1. The predicted octanol–water partition coefficient (Wildman–Crippen LogP) is 9.86. The molecule has 2 saturated heterocycles. The number of ketones is 1. The Morgan fingerprint density at radius 1 is 0.735 bits per heavy atom. The van der Waals surface area contributed by atoms with Gasteiger partial charge in [0.1, 0.15) is 34.9 Å². The first-order chi connectivity index (χ1) is 31.3. The number of benzene rings is 2. The Kier molecular flexibility index (Phi) is 25.3. The zero-order valence-electron chi connectivity index (χ0n) is 43.0. The normalized spacial score (nSPS) is 18.6. The molecule has 3 N–H and O–H groups in total. The Hall–Kier alpha value is -5.25. The fourth-order valence-electron chi connectivity index (χ4n) is 7.91. The number of carboxylic acids is 1. The number of hydroxylamine groups is 1. The number of halogens is 1. The minimum atomic E-state index is -1.19. The summed E-state index contributed by atoms with van der Waals surface area (Å²) in [5.41, 5.74) is 0.0396. The first kappa shape index (κ1) is 60.8. The van der Waals surface area contributed by atoms with E-state index >= 15 is 0 Å². The van der Waals surface area contributed by atoms with Gasteiger partial charge in [0, 0.05) is 19.5 Å². The van der Waals surface area contributed by atoms with Crippen LogP contribution in [-0.2, 0) is 46.4 Å². The van der Waals surface area contributed by atoms with Gasteiger partial charge in [-0.25, -0.2) is 19.2 Å². The summed E-state index contributed by atoms with van der Waals surface area (Å²) in [5, 5.41) is 23.0. The summed E-state index contributed by atoms with van der Waals surface area (Å²) in [4.78, 5) is 77.6. The minimum Gasteiger partial charge on any atom is -1.00 e. The molecule has 0 spiro atoms. The van der Waals surface area contributed by atoms with Crippen LogP contribution in [0.4, 0.5) is 9.59 Å². The third kappa shape index (κ3) is 19.4. The number of ether oxygens (including phenoxy) is 3. The van der Waals surface area contributed by atoms with E-state index in [2.05, 4.69) is 18.5 Å². The lowest BCUT2D eigenvalue weighted by Crippen LogP contribution is -2.60. The molecule has 68 heavy (non-hydrogen) atoms. The first-order valence-electron chi connectivity index (χ1n) is 23.3. The molecular weight excluding hydrogens is 892 g/mol. The van der Waals surface area contributed by atoms with Crippen LogP contribution in [0.2, 0.25) is 0 Å². The maximum atomic E-state index is 13.6. The van der Waals surface area contributed by atoms with Crippen LogP contribution in [-0.4, -0.2) is 98.2 Å². The van der Waals surface area contributed by atoms with Gasteiger partial charge in [-0.05, 0) is 116 Å². The van der Waals surface area contributed by atoms with Crippen LogP contribution in [0.5, 0.6) is 0 Å². The number of likely N-dealkylation sites (tertiary alicyclic amines) is 2. The highest BCUT2D eigenvalue weighted by molar-refractivity contribution is 5.94. The molecule has 0 bridgehead atoms. The number of rotatable bonds is 18. The number of carbonyl (C=O) groups is 6. The summed E-state index contributed by atoms with van der Waals surface area (Å²) in [6, 6.07) is 17.5. The highest BCUT2D eigenvalue weighted by atomic mass is 35.5. The van der Waals surface area contributed by atoms with E-state index < -0.39 is 58.5 Å². The standard InChI is InChI=1S/C26H38N2O5.C13H21NO4.C13H18NO2.ClH.H/c1-7-14-26(15-11-16-28(26)24(31)33-25(4,5)6)23(30)27-21(17-19(2)3)22(29)32-18-20-12-9-8-10-13-20;1-5-7-13(10(15)16)8-6-9-14(13)11(17)18-12(2,3)4;1-10(2)8-12(14-16)13(15)9-11-6-4-3-5-7-11;;/h7-10,12-13,19,21H,1,11,14-18H2,2-6H3,(H,27,30);5H,1,6-9H2,2-4H3,(H,15,16);3-7,10,12,14H,8-9H2,1-2H3;1H;/q;;-1;;-1/t21-,26+;13-;12-;;/m100../s1/i;;;;1+1. The van der Waals surface area contributed by atoms with Crippen LogP contribution in [0.25, 0.3) is 0 Å². The van der Waals surface area contributed by atoms with Gasteiger partial charge in [-0.2, -0.15) is 0 Å². The Labute approximate surface area is 412 Å². The number of esters is 1. The maximum Gasteiger partial charge on any atom is 0.411 e. The highest BCUT2D eigenvalue weighted by Gasteiger charge is 2.52. The van der Waals surface area contributed by atoms with Crippen molar-refractivity contribution in [1.29, 1.82) is 0 Å². The number of aliphatic carboxylic acids is 1. The molecule has 2 aromatic carbocycles. The van der Waals surface area contributed by atoms with Crippen molar-refractivity contribution >= 4 is 48.2 Å². The van der Waals surface area contributed by atoms with E-state index in [1.165, 1.54) is 15.9 Å². The van der Waals surface area contributed by atoms with Crippen molar-refractivity contribution in [2.75, 3.05) is 13.1 Å². The lowest BCUT2D eigenvalue weighted by molar-refractivity contribution is -0.151. The van der Waals surface area contributed by atoms with Gasteiger partial charge in [0.2, 0.25) is 5.91 Å². The fourth-order valence-corrected chi connectivity index (χ4v) is 7.91. The van der Waals surface area contributed by atoms with E-state index in [0.717, 1.165) is 11.1 Å². The van der Waals surface area contributed by atoms with Crippen LogP contribution in [0, 0.1) is 17.0 Å². The van der Waals surface area contributed by atoms with Crippen LogP contribution < -0.4 is 10.8 Å². The number of hydrogen-bond donors (Lipinski definition) is 3. The average Bonchev–Trinajstić information content (AvgIpc) is 3.88. The number of nitrogens with one attached hydrogen (secondary N) is 2. The van der Waals surface area contributed by atoms with Crippen molar-refractivity contribution in [2.24, 2.45) is 11.8 Å². The maximum absolute atomic E-state index is 13.6. The molecule has 382 valence electrons. The van der Waals surface area contributed by atoms with Crippen molar-refractivity contribution in [2.45, 2.75) is 168 Å². The molecule has 0 radical (unpaired) electrons. The zero-order chi connectivity index (χ0) is 50.6. The van der Waals surface area contributed by atoms with Gasteiger partial charge in [0.25, 0.3) is 0 Å². The molecule has 2 aliphatic heterocycles. The third-order valence-electron chi connectivity index (χ3n) is 11.0. The molecule has 4 rings (SSSR count). The Bertz CT molecular complexity index is 1940. The van der Waals surface area contributed by atoms with E-state index in [9.17, 15) is 39.1 Å². The molecule has 2 heterocycles. The summed E-state index contributed by atoms with van der Waals surface area (Å²) in [5.74, 6) is -1.41. The number of amides is 3. The van der Waals surface area contributed by atoms with Crippen molar-refractivity contribution in [3.63, 3.8) is 0 Å². The van der Waals surface area contributed by atoms with Crippen LogP contribution in [0.3, 0.4) is 0 Å². The van der Waals surface area contributed by atoms with E-state index in [4.69, 9.17) is 14.2 Å². The molecule has 2 fully saturated rings. The number of nitrogens with zero attached hydrogens (tertiary/aromatic N) is 2. The van der Waals surface area contributed by atoms with Gasteiger partial charge < -0.3 is 36.7 Å². The topological polar surface area (TPSA) is 204 Å². The van der Waals surface area contributed by atoms with Gasteiger partial charge in [0.05, 0.1) is 6.04 Å². The molecule has 0 saturated carbocycles. The SMILES string of the molecule is C=CC[C@@]1(C(=O)N[C@H](CC(C)C)C(=O)OCc2ccccc2)CCCN1C(=O)OC(C)(C)C.C=CC[C@@]1(C(=O)O)CCCN1C(=O)OC(C)(C)C.CC(C)C[C@H](N[O-])C(=O)Cc1ccccc1.Cl.[2H-]. The molecule has 0 aliphatic carbocycles.